The molecule has 1 heterocycles. The van der Waals surface area contributed by atoms with Gasteiger partial charge in [0.25, 0.3) is 0 Å². The average molecular weight is 253 g/mol. The van der Waals surface area contributed by atoms with Crippen molar-refractivity contribution < 1.29 is 17.8 Å². The van der Waals surface area contributed by atoms with Gasteiger partial charge in [-0.05, 0) is 12.1 Å². The number of rotatable bonds is 1. The Balaban J connectivity index is 0.000000336. The highest BCUT2D eigenvalue weighted by Gasteiger charge is 1.91. The fraction of sp³-hybridized carbons (Fsp3) is 0.143. The number of carbonyl (C=O) groups excluding carboxylic acids is 1. The second-order valence-electron chi connectivity index (χ2n) is 2.33. The van der Waals surface area contributed by atoms with E-state index in [4.69, 9.17) is 13.0 Å². The van der Waals surface area contributed by atoms with Crippen molar-refractivity contribution >= 4 is 31.6 Å². The van der Waals surface area contributed by atoms with Gasteiger partial charge in [0.15, 0.2) is 0 Å². The molecule has 0 aliphatic rings. The Morgan fingerprint density at radius 1 is 1.60 bits per heavy atom. The number of pyridine rings is 1. The lowest BCUT2D eigenvalue weighted by Crippen LogP contribution is -2.05. The van der Waals surface area contributed by atoms with Crippen molar-refractivity contribution in [3.63, 3.8) is 0 Å². The summed E-state index contributed by atoms with van der Waals surface area (Å²) in [4.78, 5) is 14.3. The zero-order valence-corrected chi connectivity index (χ0v) is 9.29. The molecule has 8 heteroatoms. The Morgan fingerprint density at radius 3 is 2.47 bits per heavy atom. The van der Waals surface area contributed by atoms with Gasteiger partial charge in [0.1, 0.15) is 0 Å². The summed E-state index contributed by atoms with van der Waals surface area (Å²) < 4.78 is 25.2. The van der Waals surface area contributed by atoms with E-state index in [1.165, 1.54) is 6.92 Å². The van der Waals surface area contributed by atoms with Crippen LogP contribution in [0.5, 0.6) is 0 Å². The third-order valence-corrected chi connectivity index (χ3v) is 0.982. The van der Waals surface area contributed by atoms with E-state index in [1.54, 1.807) is 24.5 Å². The third-order valence-electron chi connectivity index (χ3n) is 0.982. The largest absolute Gasteiger partial charge is 0.353 e. The molecule has 0 bridgehead atoms. The summed E-state index contributed by atoms with van der Waals surface area (Å²) in [6.07, 6.45) is 3.26. The van der Waals surface area contributed by atoms with Crippen LogP contribution in [0.2, 0.25) is 0 Å². The van der Waals surface area contributed by atoms with Crippen LogP contribution in [0.3, 0.4) is 0 Å². The monoisotopic (exact) mass is 252 g/mol. The van der Waals surface area contributed by atoms with E-state index < -0.39 is 9.33 Å². The number of hydrogen-bond acceptors (Lipinski definition) is 4. The van der Waals surface area contributed by atoms with Crippen LogP contribution in [0.15, 0.2) is 24.5 Å². The number of anilines is 1. The van der Waals surface area contributed by atoms with Gasteiger partial charge < -0.3 is 5.32 Å². The van der Waals surface area contributed by atoms with Crippen molar-refractivity contribution in [2.45, 2.75) is 6.92 Å². The first kappa shape index (κ1) is 13.8. The Morgan fingerprint density at radius 2 is 2.13 bits per heavy atom. The maximum Gasteiger partial charge on any atom is 0.353 e. The van der Waals surface area contributed by atoms with Gasteiger partial charge in [-0.1, -0.05) is 0 Å². The lowest BCUT2D eigenvalue weighted by molar-refractivity contribution is -0.114. The van der Waals surface area contributed by atoms with E-state index >= 15 is 0 Å². The number of aromatic nitrogens is 1. The number of hydrogen-bond donors (Lipinski definition) is 2. The average Bonchev–Trinajstić information content (AvgIpc) is 2.01. The summed E-state index contributed by atoms with van der Waals surface area (Å²) >= 11 is 0. The molecule has 1 amide bonds. The molecule has 15 heavy (non-hydrogen) atoms. The smallest absolute Gasteiger partial charge is 0.325 e. The van der Waals surface area contributed by atoms with Crippen LogP contribution >= 0.6 is 10.7 Å². The molecule has 0 saturated heterocycles. The van der Waals surface area contributed by atoms with Gasteiger partial charge in [0.05, 0.1) is 11.9 Å². The zero-order chi connectivity index (χ0) is 11.9. The molecule has 0 aliphatic heterocycles. The molecule has 1 aromatic heterocycles. The Hall–Kier alpha value is -1.18. The molecule has 0 aliphatic carbocycles. The molecule has 6 nitrogen and oxygen atoms in total. The van der Waals surface area contributed by atoms with Gasteiger partial charge in [0, 0.05) is 23.8 Å². The molecule has 84 valence electrons. The number of nitrogens with one attached hydrogen (secondary N) is 1. The number of amides is 1. The predicted molar refractivity (Wildman–Crippen MR) is 55.9 cm³/mol. The minimum Gasteiger partial charge on any atom is -0.325 e. The SMILES string of the molecule is CC(=O)Nc1cccnc1.O=S(=O)(O)Cl. The number of nitrogens with zero attached hydrogens (tertiary/aromatic N) is 1. The maximum atomic E-state index is 10.5. The third kappa shape index (κ3) is 12.8. The van der Waals surface area contributed by atoms with Crippen LogP contribution in [0, 0.1) is 0 Å². The summed E-state index contributed by atoms with van der Waals surface area (Å²) in [5.41, 5.74) is 0.731. The summed E-state index contributed by atoms with van der Waals surface area (Å²) in [7, 11) is -0.137. The standard InChI is InChI=1S/C7H8N2O.ClHO3S/c1-6(10)9-7-3-2-4-8-5-7;1-5(2,3)4/h2-5H,1H3,(H,9,10);(H,2,3,4). The van der Waals surface area contributed by atoms with E-state index in [-0.39, 0.29) is 5.91 Å². The van der Waals surface area contributed by atoms with Crippen molar-refractivity contribution in [2.75, 3.05) is 5.32 Å². The molecular weight excluding hydrogens is 244 g/mol. The first-order valence-corrected chi connectivity index (χ1v) is 5.90. The summed E-state index contributed by atoms with van der Waals surface area (Å²) in [6, 6.07) is 3.56. The molecule has 1 rings (SSSR count). The Bertz CT molecular complexity index is 398. The van der Waals surface area contributed by atoms with E-state index in [1.807, 2.05) is 0 Å². The van der Waals surface area contributed by atoms with Crippen LogP contribution in [0.1, 0.15) is 6.92 Å². The zero-order valence-electron chi connectivity index (χ0n) is 7.71. The molecule has 0 fully saturated rings. The van der Waals surface area contributed by atoms with E-state index in [2.05, 4.69) is 21.0 Å². The molecule has 0 spiro atoms. The van der Waals surface area contributed by atoms with Crippen molar-refractivity contribution in [1.29, 1.82) is 0 Å². The highest BCUT2D eigenvalue weighted by molar-refractivity contribution is 8.09. The summed E-state index contributed by atoms with van der Waals surface area (Å²) in [6.45, 7) is 1.47. The van der Waals surface area contributed by atoms with Gasteiger partial charge >= 0.3 is 9.33 Å². The highest BCUT2D eigenvalue weighted by atomic mass is 35.7. The molecule has 0 saturated carbocycles. The molecular formula is C7H9ClN2O4S. The van der Waals surface area contributed by atoms with Gasteiger partial charge in [0.2, 0.25) is 5.91 Å². The quantitative estimate of drug-likeness (QED) is 0.576. The molecule has 0 unspecified atom stereocenters. The van der Waals surface area contributed by atoms with Crippen LogP contribution in [-0.2, 0) is 14.1 Å². The van der Waals surface area contributed by atoms with E-state index in [0.717, 1.165) is 5.69 Å². The van der Waals surface area contributed by atoms with Crippen molar-refractivity contribution in [1.82, 2.24) is 4.98 Å². The van der Waals surface area contributed by atoms with E-state index in [0.29, 0.717) is 0 Å². The Labute approximate surface area is 91.5 Å². The van der Waals surface area contributed by atoms with Crippen LogP contribution in [0.25, 0.3) is 0 Å². The summed E-state index contributed by atoms with van der Waals surface area (Å²) in [5, 5.41) is 2.60. The minimum absolute atomic E-state index is 0.0759. The van der Waals surface area contributed by atoms with E-state index in [9.17, 15) is 4.79 Å². The molecule has 0 radical (unpaired) electrons. The van der Waals surface area contributed by atoms with Crippen LogP contribution in [-0.4, -0.2) is 23.9 Å². The van der Waals surface area contributed by atoms with Crippen molar-refractivity contribution in [2.24, 2.45) is 0 Å². The normalized spacial score (nSPS) is 9.80. The molecule has 1 aromatic rings. The van der Waals surface area contributed by atoms with Gasteiger partial charge in [-0.2, -0.15) is 8.42 Å². The highest BCUT2D eigenvalue weighted by Crippen LogP contribution is 2.00. The fourth-order valence-corrected chi connectivity index (χ4v) is 0.640. The summed E-state index contributed by atoms with van der Waals surface area (Å²) in [5.74, 6) is -0.0759. The van der Waals surface area contributed by atoms with Crippen molar-refractivity contribution in [3.8, 4) is 0 Å². The van der Waals surface area contributed by atoms with Crippen molar-refractivity contribution in [3.05, 3.63) is 24.5 Å². The molecule has 2 N–H and O–H groups in total. The number of carbonyl (C=O) groups is 1. The maximum absolute atomic E-state index is 10.5. The second-order valence-corrected chi connectivity index (χ2v) is 4.33. The predicted octanol–water partition coefficient (Wildman–Crippen LogP) is 1.07. The first-order valence-electron chi connectivity index (χ1n) is 3.63. The minimum atomic E-state index is -4.19. The topological polar surface area (TPSA) is 96.4 Å². The fourth-order valence-electron chi connectivity index (χ4n) is 0.640. The second kappa shape index (κ2) is 6.33. The van der Waals surface area contributed by atoms with Crippen LogP contribution in [0.4, 0.5) is 5.69 Å². The lowest BCUT2D eigenvalue weighted by atomic mass is 10.4. The molecule has 0 atom stereocenters. The van der Waals surface area contributed by atoms with Gasteiger partial charge in [-0.25, -0.2) is 0 Å². The first-order chi connectivity index (χ1) is 6.79. The number of halogens is 1. The van der Waals surface area contributed by atoms with Gasteiger partial charge in [-0.15, -0.1) is 0 Å². The lowest BCUT2D eigenvalue weighted by Gasteiger charge is -1.97. The molecule has 0 aromatic carbocycles. The van der Waals surface area contributed by atoms with Gasteiger partial charge in [-0.3, -0.25) is 14.3 Å². The van der Waals surface area contributed by atoms with Crippen LogP contribution < -0.4 is 5.32 Å². The Kier molecular flexibility index (Phi) is 5.83.